The number of ether oxygens (including phenoxy) is 1. The molecule has 1 saturated heterocycles. The number of methoxy groups -OCH3 is 1. The Morgan fingerprint density at radius 1 is 1.00 bits per heavy atom. The first-order valence-corrected chi connectivity index (χ1v) is 13.1. The van der Waals surface area contributed by atoms with Gasteiger partial charge < -0.3 is 24.8 Å². The van der Waals surface area contributed by atoms with E-state index in [1.165, 1.54) is 17.0 Å². The Balaban J connectivity index is 1.45. The molecule has 0 aliphatic carbocycles. The predicted molar refractivity (Wildman–Crippen MR) is 154 cm³/mol. The van der Waals surface area contributed by atoms with Crippen molar-refractivity contribution in [2.75, 3.05) is 25.5 Å². The molecule has 1 aliphatic heterocycles. The number of aryl methyl sites for hydroxylation is 1. The topological polar surface area (TPSA) is 54.4 Å². The van der Waals surface area contributed by atoms with E-state index in [2.05, 4.69) is 70.3 Å². The SMILES string of the molecule is COc1ccc(-n2c(C)cc([C@@H]3[C@@H](c4ccccn4)NC(=S)N3CCCNc3ccccc3)c2C)cc1. The van der Waals surface area contributed by atoms with Crippen LogP contribution in [0.1, 0.15) is 41.1 Å². The first-order valence-electron chi connectivity index (χ1n) is 12.7. The lowest BCUT2D eigenvalue weighted by Gasteiger charge is -2.28. The van der Waals surface area contributed by atoms with Crippen LogP contribution in [-0.2, 0) is 0 Å². The Morgan fingerprint density at radius 2 is 1.76 bits per heavy atom. The van der Waals surface area contributed by atoms with Gasteiger partial charge in [0.2, 0.25) is 0 Å². The van der Waals surface area contributed by atoms with E-state index in [0.29, 0.717) is 0 Å². The van der Waals surface area contributed by atoms with Crippen LogP contribution in [-0.4, -0.2) is 39.8 Å². The van der Waals surface area contributed by atoms with E-state index in [0.717, 1.165) is 47.4 Å². The van der Waals surface area contributed by atoms with Crippen LogP contribution < -0.4 is 15.4 Å². The Labute approximate surface area is 224 Å². The molecule has 2 N–H and O–H groups in total. The summed E-state index contributed by atoms with van der Waals surface area (Å²) >= 11 is 5.89. The fraction of sp³-hybridized carbons (Fsp3) is 0.267. The maximum Gasteiger partial charge on any atom is 0.170 e. The van der Waals surface area contributed by atoms with Crippen LogP contribution >= 0.6 is 12.2 Å². The number of aromatic nitrogens is 2. The molecular weight excluding hydrogens is 478 g/mol. The highest BCUT2D eigenvalue weighted by molar-refractivity contribution is 7.80. The van der Waals surface area contributed by atoms with Crippen molar-refractivity contribution in [3.63, 3.8) is 0 Å². The zero-order valence-electron chi connectivity index (χ0n) is 21.5. The second kappa shape index (κ2) is 11.0. The molecule has 0 amide bonds. The second-order valence-corrected chi connectivity index (χ2v) is 9.71. The minimum atomic E-state index is -0.0272. The van der Waals surface area contributed by atoms with Crippen molar-refractivity contribution < 1.29 is 4.74 Å². The summed E-state index contributed by atoms with van der Waals surface area (Å²) in [5.74, 6) is 0.849. The number of nitrogens with zero attached hydrogens (tertiary/aromatic N) is 3. The molecule has 4 aromatic rings. The quantitative estimate of drug-likeness (QED) is 0.213. The van der Waals surface area contributed by atoms with E-state index in [4.69, 9.17) is 21.9 Å². The average Bonchev–Trinajstić information content (AvgIpc) is 3.42. The highest BCUT2D eigenvalue weighted by atomic mass is 32.1. The van der Waals surface area contributed by atoms with Gasteiger partial charge in [0.1, 0.15) is 5.75 Å². The van der Waals surface area contributed by atoms with Crippen LogP contribution in [0.15, 0.2) is 85.1 Å². The van der Waals surface area contributed by atoms with Crippen molar-refractivity contribution in [3.05, 3.63) is 108 Å². The molecule has 190 valence electrons. The minimum absolute atomic E-state index is 0.0272. The van der Waals surface area contributed by atoms with Crippen molar-refractivity contribution in [1.29, 1.82) is 0 Å². The van der Waals surface area contributed by atoms with Gasteiger partial charge >= 0.3 is 0 Å². The molecule has 2 aromatic heterocycles. The number of pyridine rings is 1. The molecule has 37 heavy (non-hydrogen) atoms. The fourth-order valence-corrected chi connectivity index (χ4v) is 5.57. The molecule has 0 bridgehead atoms. The van der Waals surface area contributed by atoms with Crippen molar-refractivity contribution in [3.8, 4) is 11.4 Å². The highest BCUT2D eigenvalue weighted by Crippen LogP contribution is 2.41. The van der Waals surface area contributed by atoms with E-state index in [1.54, 1.807) is 7.11 Å². The monoisotopic (exact) mass is 511 g/mol. The number of benzene rings is 2. The van der Waals surface area contributed by atoms with E-state index in [9.17, 15) is 0 Å². The van der Waals surface area contributed by atoms with Crippen molar-refractivity contribution in [1.82, 2.24) is 19.8 Å². The smallest absolute Gasteiger partial charge is 0.170 e. The lowest BCUT2D eigenvalue weighted by molar-refractivity contribution is 0.315. The predicted octanol–water partition coefficient (Wildman–Crippen LogP) is 5.97. The van der Waals surface area contributed by atoms with Gasteiger partial charge in [-0.1, -0.05) is 24.3 Å². The standard InChI is InChI=1S/C30H33N5OS/c1-21-20-26(22(2)35(21)24-13-15-25(36-3)16-14-24)29-28(27-12-7-8-17-32-27)33-30(37)34(29)19-9-18-31-23-10-5-4-6-11-23/h4-8,10-17,20,28-29,31H,9,18-19H2,1-3H3,(H,33,37)/t28-,29-/m1/s1. The van der Waals surface area contributed by atoms with Crippen LogP contribution in [0.3, 0.4) is 0 Å². The molecule has 3 heterocycles. The number of hydrogen-bond donors (Lipinski definition) is 2. The number of rotatable bonds is 9. The van der Waals surface area contributed by atoms with Gasteiger partial charge in [0, 0.05) is 42.0 Å². The average molecular weight is 512 g/mol. The van der Waals surface area contributed by atoms with Gasteiger partial charge in [-0.15, -0.1) is 0 Å². The third-order valence-electron chi connectivity index (χ3n) is 7.00. The molecule has 2 atom stereocenters. The van der Waals surface area contributed by atoms with Crippen LogP contribution in [0.2, 0.25) is 0 Å². The summed E-state index contributed by atoms with van der Waals surface area (Å²) in [6.07, 6.45) is 2.81. The number of anilines is 1. The van der Waals surface area contributed by atoms with Gasteiger partial charge in [-0.05, 0) is 92.6 Å². The van der Waals surface area contributed by atoms with E-state index in [-0.39, 0.29) is 12.1 Å². The molecule has 0 spiro atoms. The van der Waals surface area contributed by atoms with Crippen LogP contribution in [0, 0.1) is 13.8 Å². The van der Waals surface area contributed by atoms with Crippen LogP contribution in [0.4, 0.5) is 5.69 Å². The number of thiocarbonyl (C=S) groups is 1. The molecule has 1 aliphatic rings. The molecular formula is C30H33N5OS. The Kier molecular flexibility index (Phi) is 7.42. The number of nitrogens with one attached hydrogen (secondary N) is 2. The highest BCUT2D eigenvalue weighted by Gasteiger charge is 2.41. The third kappa shape index (κ3) is 5.18. The van der Waals surface area contributed by atoms with Gasteiger partial charge in [-0.2, -0.15) is 0 Å². The fourth-order valence-electron chi connectivity index (χ4n) is 5.24. The summed E-state index contributed by atoms with van der Waals surface area (Å²) in [4.78, 5) is 7.03. The van der Waals surface area contributed by atoms with Gasteiger partial charge in [-0.3, -0.25) is 4.98 Å². The molecule has 6 nitrogen and oxygen atoms in total. The van der Waals surface area contributed by atoms with Crippen LogP contribution in [0.25, 0.3) is 5.69 Å². The Hall–Kier alpha value is -3.84. The Bertz CT molecular complexity index is 1340. The Morgan fingerprint density at radius 3 is 2.46 bits per heavy atom. The van der Waals surface area contributed by atoms with Gasteiger partial charge in [-0.25, -0.2) is 0 Å². The molecule has 7 heteroatoms. The van der Waals surface area contributed by atoms with Gasteiger partial charge in [0.15, 0.2) is 5.11 Å². The lowest BCUT2D eigenvalue weighted by Crippen LogP contribution is -2.31. The largest absolute Gasteiger partial charge is 0.497 e. The maximum atomic E-state index is 5.89. The minimum Gasteiger partial charge on any atom is -0.497 e. The third-order valence-corrected chi connectivity index (χ3v) is 7.35. The molecule has 0 unspecified atom stereocenters. The molecule has 5 rings (SSSR count). The summed E-state index contributed by atoms with van der Waals surface area (Å²) < 4.78 is 7.67. The molecule has 0 saturated carbocycles. The van der Waals surface area contributed by atoms with Gasteiger partial charge in [0.25, 0.3) is 0 Å². The summed E-state index contributed by atoms with van der Waals surface area (Å²) in [6, 6.07) is 26.9. The second-order valence-electron chi connectivity index (χ2n) is 9.33. The van der Waals surface area contributed by atoms with Crippen molar-refractivity contribution >= 4 is 23.0 Å². The van der Waals surface area contributed by atoms with Crippen molar-refractivity contribution in [2.45, 2.75) is 32.4 Å². The van der Waals surface area contributed by atoms with E-state index < -0.39 is 0 Å². The zero-order chi connectivity index (χ0) is 25.8. The molecule has 2 aromatic carbocycles. The lowest BCUT2D eigenvalue weighted by atomic mass is 9.96. The summed E-state index contributed by atoms with van der Waals surface area (Å²) in [7, 11) is 1.69. The molecule has 0 radical (unpaired) electrons. The first kappa shape index (κ1) is 24.8. The maximum absolute atomic E-state index is 5.89. The van der Waals surface area contributed by atoms with Crippen LogP contribution in [0.5, 0.6) is 5.75 Å². The molecule has 1 fully saturated rings. The summed E-state index contributed by atoms with van der Waals surface area (Å²) in [5, 5.41) is 7.88. The normalized spacial score (nSPS) is 17.1. The summed E-state index contributed by atoms with van der Waals surface area (Å²) in [5.41, 5.74) is 6.88. The number of para-hydroxylation sites is 1. The first-order chi connectivity index (χ1) is 18.1. The van der Waals surface area contributed by atoms with Crippen molar-refractivity contribution in [2.24, 2.45) is 0 Å². The summed E-state index contributed by atoms with van der Waals surface area (Å²) in [6.45, 7) is 6.06. The van der Waals surface area contributed by atoms with E-state index >= 15 is 0 Å². The number of hydrogen-bond acceptors (Lipinski definition) is 4. The van der Waals surface area contributed by atoms with E-state index in [1.807, 2.05) is 48.7 Å². The zero-order valence-corrected chi connectivity index (χ0v) is 22.3. The van der Waals surface area contributed by atoms with Gasteiger partial charge in [0.05, 0.1) is 24.9 Å².